The quantitative estimate of drug-likeness (QED) is 0.824. The first-order valence-corrected chi connectivity index (χ1v) is 5.72. The molecule has 0 radical (unpaired) electrons. The van der Waals surface area contributed by atoms with Crippen molar-refractivity contribution in [3.8, 4) is 17.6 Å². The maximum atomic E-state index is 13.4. The summed E-state index contributed by atoms with van der Waals surface area (Å²) < 4.78 is 32.3. The molecule has 0 unspecified atom stereocenters. The fourth-order valence-corrected chi connectivity index (χ4v) is 1.69. The van der Waals surface area contributed by atoms with E-state index in [1.807, 2.05) is 6.07 Å². The topological polar surface area (TPSA) is 33.0 Å². The Hall–Kier alpha value is -1.93. The summed E-state index contributed by atoms with van der Waals surface area (Å²) in [5.41, 5.74) is 0.238. The lowest BCUT2D eigenvalue weighted by Crippen LogP contribution is -1.92. The molecule has 90 valence electrons. The van der Waals surface area contributed by atoms with Gasteiger partial charge in [0.2, 0.25) is 0 Å². The van der Waals surface area contributed by atoms with Gasteiger partial charge < -0.3 is 4.74 Å². The molecule has 2 nitrogen and oxygen atoms in total. The largest absolute Gasteiger partial charge is 0.453 e. The minimum Gasteiger partial charge on any atom is -0.453 e. The number of hydrogen-bond donors (Lipinski definition) is 0. The van der Waals surface area contributed by atoms with Gasteiger partial charge in [-0.05, 0) is 30.3 Å². The molecule has 0 bridgehead atoms. The van der Waals surface area contributed by atoms with E-state index in [0.29, 0.717) is 4.47 Å². The van der Waals surface area contributed by atoms with Crippen molar-refractivity contribution in [3.05, 3.63) is 58.1 Å². The molecule has 0 spiro atoms. The Morgan fingerprint density at radius 2 is 1.83 bits per heavy atom. The van der Waals surface area contributed by atoms with Crippen molar-refractivity contribution in [1.82, 2.24) is 0 Å². The molecule has 0 heterocycles. The number of nitrogens with zero attached hydrogens (tertiary/aromatic N) is 1. The molecule has 0 aromatic heterocycles. The Labute approximate surface area is 111 Å². The molecule has 0 saturated carbocycles. The highest BCUT2D eigenvalue weighted by Gasteiger charge is 2.10. The van der Waals surface area contributed by atoms with E-state index in [-0.39, 0.29) is 17.1 Å². The summed E-state index contributed by atoms with van der Waals surface area (Å²) in [6, 6.07) is 9.51. The second-order valence-corrected chi connectivity index (χ2v) is 4.34. The van der Waals surface area contributed by atoms with E-state index < -0.39 is 11.6 Å². The van der Waals surface area contributed by atoms with Crippen molar-refractivity contribution in [2.75, 3.05) is 0 Å². The van der Waals surface area contributed by atoms with Crippen LogP contribution in [0.1, 0.15) is 5.56 Å². The maximum Gasteiger partial charge on any atom is 0.166 e. The number of benzene rings is 2. The molecular weight excluding hydrogens is 304 g/mol. The number of halogens is 3. The average molecular weight is 310 g/mol. The van der Waals surface area contributed by atoms with Crippen LogP contribution in [0, 0.1) is 23.0 Å². The fraction of sp³-hybridized carbons (Fsp3) is 0. The third-order valence-electron chi connectivity index (χ3n) is 2.18. The average Bonchev–Trinajstić information content (AvgIpc) is 2.34. The van der Waals surface area contributed by atoms with Crippen molar-refractivity contribution >= 4 is 15.9 Å². The standard InChI is InChI=1S/C13H6BrF2NO/c14-9-2-1-8(7-17)12(5-9)18-13-6-10(15)3-4-11(13)16/h1-6H. The van der Waals surface area contributed by atoms with Crippen LogP contribution in [-0.2, 0) is 0 Å². The normalized spacial score (nSPS) is 9.89. The molecule has 0 N–H and O–H groups in total. The first kappa shape index (κ1) is 12.5. The van der Waals surface area contributed by atoms with Crippen molar-refractivity contribution < 1.29 is 13.5 Å². The van der Waals surface area contributed by atoms with Crippen LogP contribution in [0.2, 0.25) is 0 Å². The maximum absolute atomic E-state index is 13.4. The second-order valence-electron chi connectivity index (χ2n) is 3.43. The highest BCUT2D eigenvalue weighted by molar-refractivity contribution is 9.10. The summed E-state index contributed by atoms with van der Waals surface area (Å²) in [5, 5.41) is 8.90. The Morgan fingerprint density at radius 1 is 1.06 bits per heavy atom. The van der Waals surface area contributed by atoms with Crippen LogP contribution in [0.4, 0.5) is 8.78 Å². The molecule has 18 heavy (non-hydrogen) atoms. The van der Waals surface area contributed by atoms with Gasteiger partial charge in [-0.25, -0.2) is 8.78 Å². The molecule has 2 aromatic carbocycles. The molecule has 0 amide bonds. The van der Waals surface area contributed by atoms with E-state index in [2.05, 4.69) is 15.9 Å². The van der Waals surface area contributed by atoms with E-state index in [1.54, 1.807) is 6.07 Å². The van der Waals surface area contributed by atoms with Gasteiger partial charge in [0.25, 0.3) is 0 Å². The summed E-state index contributed by atoms with van der Waals surface area (Å²) in [6.45, 7) is 0. The number of rotatable bonds is 2. The molecule has 0 aliphatic carbocycles. The Balaban J connectivity index is 2.43. The lowest BCUT2D eigenvalue weighted by atomic mass is 10.2. The lowest BCUT2D eigenvalue weighted by molar-refractivity contribution is 0.435. The van der Waals surface area contributed by atoms with Crippen molar-refractivity contribution in [2.24, 2.45) is 0 Å². The van der Waals surface area contributed by atoms with Gasteiger partial charge in [-0.3, -0.25) is 0 Å². The van der Waals surface area contributed by atoms with Gasteiger partial charge in [-0.2, -0.15) is 5.26 Å². The van der Waals surface area contributed by atoms with Crippen molar-refractivity contribution in [3.63, 3.8) is 0 Å². The zero-order valence-electron chi connectivity index (χ0n) is 8.95. The van der Waals surface area contributed by atoms with Gasteiger partial charge in [0.15, 0.2) is 11.6 Å². The smallest absolute Gasteiger partial charge is 0.166 e. The summed E-state index contributed by atoms with van der Waals surface area (Å²) >= 11 is 3.21. The number of nitriles is 1. The number of ether oxygens (including phenoxy) is 1. The van der Waals surface area contributed by atoms with Crippen LogP contribution in [0.15, 0.2) is 40.9 Å². The minimum atomic E-state index is -0.694. The second kappa shape index (κ2) is 5.15. The predicted molar refractivity (Wildman–Crippen MR) is 65.3 cm³/mol. The van der Waals surface area contributed by atoms with E-state index in [9.17, 15) is 8.78 Å². The molecule has 2 rings (SSSR count). The molecule has 0 fully saturated rings. The first-order valence-electron chi connectivity index (χ1n) is 4.92. The van der Waals surface area contributed by atoms with Crippen LogP contribution in [0.5, 0.6) is 11.5 Å². The fourth-order valence-electron chi connectivity index (χ4n) is 1.35. The molecule has 0 saturated heterocycles. The predicted octanol–water partition coefficient (Wildman–Crippen LogP) is 4.39. The van der Waals surface area contributed by atoms with E-state index in [0.717, 1.165) is 18.2 Å². The summed E-state index contributed by atoms with van der Waals surface area (Å²) in [6.07, 6.45) is 0. The zero-order chi connectivity index (χ0) is 13.1. The number of hydrogen-bond acceptors (Lipinski definition) is 2. The van der Waals surface area contributed by atoms with E-state index in [4.69, 9.17) is 10.00 Å². The van der Waals surface area contributed by atoms with E-state index in [1.165, 1.54) is 12.1 Å². The van der Waals surface area contributed by atoms with Gasteiger partial charge in [0.05, 0.1) is 5.56 Å². The van der Waals surface area contributed by atoms with Crippen LogP contribution >= 0.6 is 15.9 Å². The summed E-state index contributed by atoms with van der Waals surface area (Å²) in [5.74, 6) is -1.40. The van der Waals surface area contributed by atoms with Gasteiger partial charge in [0, 0.05) is 10.5 Å². The summed E-state index contributed by atoms with van der Waals surface area (Å²) in [4.78, 5) is 0. The molecule has 0 aliphatic rings. The van der Waals surface area contributed by atoms with Crippen LogP contribution < -0.4 is 4.74 Å². The third kappa shape index (κ3) is 2.66. The SMILES string of the molecule is N#Cc1ccc(Br)cc1Oc1cc(F)ccc1F. The third-order valence-corrected chi connectivity index (χ3v) is 2.67. The molecular formula is C13H6BrF2NO. The van der Waals surface area contributed by atoms with Crippen LogP contribution in [0.25, 0.3) is 0 Å². The first-order chi connectivity index (χ1) is 8.60. The van der Waals surface area contributed by atoms with Gasteiger partial charge >= 0.3 is 0 Å². The van der Waals surface area contributed by atoms with Crippen molar-refractivity contribution in [2.45, 2.75) is 0 Å². The van der Waals surface area contributed by atoms with E-state index >= 15 is 0 Å². The Morgan fingerprint density at radius 3 is 2.56 bits per heavy atom. The molecule has 0 aliphatic heterocycles. The minimum absolute atomic E-state index is 0.163. The monoisotopic (exact) mass is 309 g/mol. The molecule has 5 heteroatoms. The van der Waals surface area contributed by atoms with Crippen molar-refractivity contribution in [1.29, 1.82) is 5.26 Å². The zero-order valence-corrected chi connectivity index (χ0v) is 10.5. The lowest BCUT2D eigenvalue weighted by Gasteiger charge is -2.08. The van der Waals surface area contributed by atoms with Gasteiger partial charge in [-0.1, -0.05) is 15.9 Å². The molecule has 2 aromatic rings. The summed E-state index contributed by atoms with van der Waals surface area (Å²) in [7, 11) is 0. The molecule has 0 atom stereocenters. The van der Waals surface area contributed by atoms with Crippen LogP contribution in [-0.4, -0.2) is 0 Å². The van der Waals surface area contributed by atoms with Crippen LogP contribution in [0.3, 0.4) is 0 Å². The van der Waals surface area contributed by atoms with Gasteiger partial charge in [-0.15, -0.1) is 0 Å². The highest BCUT2D eigenvalue weighted by Crippen LogP contribution is 2.30. The van der Waals surface area contributed by atoms with Gasteiger partial charge in [0.1, 0.15) is 17.6 Å². The highest BCUT2D eigenvalue weighted by atomic mass is 79.9. The Kier molecular flexibility index (Phi) is 3.58. The Bertz CT molecular complexity index is 637.